The average molecular weight is 374 g/mol. The number of aliphatic carboxylic acids is 1. The van der Waals surface area contributed by atoms with E-state index in [9.17, 15) is 24.6 Å². The third-order valence-electron chi connectivity index (χ3n) is 5.03. The van der Waals surface area contributed by atoms with Gasteiger partial charge in [-0.15, -0.1) is 0 Å². The van der Waals surface area contributed by atoms with Crippen molar-refractivity contribution in [3.8, 4) is 11.5 Å². The second-order valence-electron chi connectivity index (χ2n) is 8.04. The summed E-state index contributed by atoms with van der Waals surface area (Å²) in [6.45, 7) is 6.96. The highest BCUT2D eigenvalue weighted by atomic mass is 16.5. The van der Waals surface area contributed by atoms with Crippen LogP contribution >= 0.6 is 0 Å². The van der Waals surface area contributed by atoms with E-state index in [1.807, 2.05) is 0 Å². The summed E-state index contributed by atoms with van der Waals surface area (Å²) in [5, 5.41) is 30.5. The Kier molecular flexibility index (Phi) is 4.38. The number of carbonyl (C=O) groups is 3. The van der Waals surface area contributed by atoms with Crippen molar-refractivity contribution in [1.82, 2.24) is 0 Å². The van der Waals surface area contributed by atoms with E-state index < -0.39 is 35.2 Å². The molecular weight excluding hydrogens is 352 g/mol. The summed E-state index contributed by atoms with van der Waals surface area (Å²) >= 11 is 0. The summed E-state index contributed by atoms with van der Waals surface area (Å²) in [4.78, 5) is 36.6. The van der Waals surface area contributed by atoms with Gasteiger partial charge in [-0.05, 0) is 18.4 Å². The van der Waals surface area contributed by atoms with Gasteiger partial charge in [0.2, 0.25) is 0 Å². The van der Waals surface area contributed by atoms with Crippen LogP contribution < -0.4 is 0 Å². The highest BCUT2D eigenvalue weighted by Gasteiger charge is 2.41. The largest absolute Gasteiger partial charge is 0.507 e. The Hall–Kier alpha value is -2.67. The fraction of sp³-hybridized carbons (Fsp3) is 0.450. The number of phenolic OH excluding ortho intramolecular Hbond substituents is 2. The van der Waals surface area contributed by atoms with E-state index in [1.165, 1.54) is 6.08 Å². The molecule has 2 atom stereocenters. The summed E-state index contributed by atoms with van der Waals surface area (Å²) in [5.41, 5.74) is -0.322. The lowest BCUT2D eigenvalue weighted by Gasteiger charge is -2.33. The molecule has 1 heterocycles. The topological polar surface area (TPSA) is 121 Å². The number of carboxylic acids is 1. The maximum atomic E-state index is 13.0. The number of benzene rings is 1. The summed E-state index contributed by atoms with van der Waals surface area (Å²) < 4.78 is 5.64. The van der Waals surface area contributed by atoms with E-state index in [0.717, 1.165) is 0 Å². The van der Waals surface area contributed by atoms with Gasteiger partial charge in [0.1, 0.15) is 11.5 Å². The van der Waals surface area contributed by atoms with Crippen molar-refractivity contribution in [2.24, 2.45) is 5.41 Å². The number of rotatable bonds is 2. The zero-order chi connectivity index (χ0) is 20.3. The molecule has 3 rings (SSSR count). The normalized spacial score (nSPS) is 22.1. The van der Waals surface area contributed by atoms with Crippen molar-refractivity contribution in [2.75, 3.05) is 0 Å². The Morgan fingerprint density at radius 1 is 1.19 bits per heavy atom. The fourth-order valence-corrected chi connectivity index (χ4v) is 3.81. The molecule has 0 saturated heterocycles. The number of Topliss-reactive ketones (excluding diaryl/α,β-unsaturated/α-hetero) is 1. The predicted molar refractivity (Wildman–Crippen MR) is 95.2 cm³/mol. The molecule has 1 aliphatic carbocycles. The number of hydrogen-bond acceptors (Lipinski definition) is 6. The minimum atomic E-state index is -1.05. The van der Waals surface area contributed by atoms with Crippen molar-refractivity contribution in [3.05, 3.63) is 33.9 Å². The molecule has 7 heteroatoms. The molecule has 1 aromatic rings. The molecule has 1 aliphatic heterocycles. The molecule has 0 aromatic heterocycles. The number of carboxylic acid groups (broad SMARTS) is 1. The van der Waals surface area contributed by atoms with Gasteiger partial charge in [-0.1, -0.05) is 20.8 Å². The van der Waals surface area contributed by atoms with Gasteiger partial charge < -0.3 is 20.1 Å². The van der Waals surface area contributed by atoms with Gasteiger partial charge in [0.15, 0.2) is 11.6 Å². The van der Waals surface area contributed by atoms with Crippen LogP contribution in [0.15, 0.2) is 11.6 Å². The third kappa shape index (κ3) is 3.02. The van der Waals surface area contributed by atoms with Crippen LogP contribution in [0, 0.1) is 5.41 Å². The number of fused-ring (bicyclic) bond motifs is 2. The maximum absolute atomic E-state index is 13.0. The Bertz CT molecular complexity index is 902. The molecule has 0 amide bonds. The quantitative estimate of drug-likeness (QED) is 0.681. The lowest BCUT2D eigenvalue weighted by atomic mass is 9.74. The number of allylic oxidation sites excluding steroid dienone is 2. The first-order valence-corrected chi connectivity index (χ1v) is 8.72. The summed E-state index contributed by atoms with van der Waals surface area (Å²) in [6.07, 6.45) is -0.490. The lowest BCUT2D eigenvalue weighted by Crippen LogP contribution is -2.30. The van der Waals surface area contributed by atoms with Crippen LogP contribution in [0.25, 0.3) is 0 Å². The highest BCUT2D eigenvalue weighted by molar-refractivity contribution is 6.27. The van der Waals surface area contributed by atoms with Gasteiger partial charge >= 0.3 is 5.97 Å². The summed E-state index contributed by atoms with van der Waals surface area (Å²) in [7, 11) is 0. The van der Waals surface area contributed by atoms with Crippen molar-refractivity contribution in [3.63, 3.8) is 0 Å². The van der Waals surface area contributed by atoms with Crippen LogP contribution in [-0.4, -0.2) is 39.0 Å². The molecule has 27 heavy (non-hydrogen) atoms. The van der Waals surface area contributed by atoms with E-state index in [-0.39, 0.29) is 52.2 Å². The van der Waals surface area contributed by atoms with Crippen LogP contribution in [0.2, 0.25) is 0 Å². The molecule has 0 saturated carbocycles. The highest BCUT2D eigenvalue weighted by Crippen LogP contribution is 2.48. The number of carbonyl (C=O) groups excluding carboxylic acids is 2. The second-order valence-corrected chi connectivity index (χ2v) is 8.04. The van der Waals surface area contributed by atoms with Crippen LogP contribution in [-0.2, 0) is 16.0 Å². The van der Waals surface area contributed by atoms with E-state index >= 15 is 0 Å². The zero-order valence-corrected chi connectivity index (χ0v) is 15.6. The number of ether oxygens (including phenoxy) is 1. The number of aromatic hydroxyl groups is 2. The molecule has 0 unspecified atom stereocenters. The number of phenols is 2. The second kappa shape index (κ2) is 6.20. The van der Waals surface area contributed by atoms with E-state index in [2.05, 4.69) is 0 Å². The minimum absolute atomic E-state index is 0.0238. The third-order valence-corrected chi connectivity index (χ3v) is 5.03. The molecular formula is C20H22O7. The Labute approximate surface area is 156 Å². The predicted octanol–water partition coefficient (Wildman–Crippen LogP) is 2.93. The molecule has 0 radical (unpaired) electrons. The summed E-state index contributed by atoms with van der Waals surface area (Å²) in [6, 6.07) is 0. The molecule has 144 valence electrons. The van der Waals surface area contributed by atoms with Crippen LogP contribution in [0.3, 0.4) is 0 Å². The van der Waals surface area contributed by atoms with Crippen LogP contribution in [0.5, 0.6) is 11.5 Å². The van der Waals surface area contributed by atoms with Crippen molar-refractivity contribution in [1.29, 1.82) is 0 Å². The maximum Gasteiger partial charge on any atom is 0.305 e. The van der Waals surface area contributed by atoms with E-state index in [4.69, 9.17) is 9.84 Å². The molecule has 7 nitrogen and oxygen atoms in total. The van der Waals surface area contributed by atoms with Crippen LogP contribution in [0.1, 0.15) is 72.1 Å². The molecule has 1 aromatic carbocycles. The first kappa shape index (κ1) is 19.1. The first-order chi connectivity index (χ1) is 12.4. The molecule has 0 spiro atoms. The lowest BCUT2D eigenvalue weighted by molar-refractivity contribution is -0.141. The van der Waals surface area contributed by atoms with Gasteiger partial charge in [-0.25, -0.2) is 0 Å². The van der Waals surface area contributed by atoms with Gasteiger partial charge in [0.05, 0.1) is 29.8 Å². The monoisotopic (exact) mass is 374 g/mol. The zero-order valence-electron chi connectivity index (χ0n) is 15.6. The van der Waals surface area contributed by atoms with Gasteiger partial charge in [-0.2, -0.15) is 0 Å². The van der Waals surface area contributed by atoms with Crippen molar-refractivity contribution >= 4 is 17.5 Å². The van der Waals surface area contributed by atoms with E-state index in [1.54, 1.807) is 27.7 Å². The average Bonchev–Trinajstić information content (AvgIpc) is 2.52. The van der Waals surface area contributed by atoms with Crippen molar-refractivity contribution < 1.29 is 34.4 Å². The van der Waals surface area contributed by atoms with Gasteiger partial charge in [0.25, 0.3) is 0 Å². The number of ketones is 2. The molecule has 3 N–H and O–H groups in total. The molecule has 0 fully saturated rings. The standard InChI is InChI=1S/C20H22O7/c1-8-14-10(5-9(27-8)6-13(22)23)17(24)15-12(21)7-11(20(2,3)4)18(25)16(15)19(14)26/h7-9,24,26H,5-6H2,1-4H3,(H,22,23)/t8-,9+/m1/s1. The van der Waals surface area contributed by atoms with Gasteiger partial charge in [0, 0.05) is 23.1 Å². The fourth-order valence-electron chi connectivity index (χ4n) is 3.81. The molecule has 2 aliphatic rings. The summed E-state index contributed by atoms with van der Waals surface area (Å²) in [5.74, 6) is -2.88. The molecule has 0 bridgehead atoms. The first-order valence-electron chi connectivity index (χ1n) is 8.72. The smallest absolute Gasteiger partial charge is 0.305 e. The van der Waals surface area contributed by atoms with E-state index in [0.29, 0.717) is 0 Å². The van der Waals surface area contributed by atoms with Crippen molar-refractivity contribution in [2.45, 2.75) is 52.7 Å². The Morgan fingerprint density at radius 3 is 2.37 bits per heavy atom. The Morgan fingerprint density at radius 2 is 1.81 bits per heavy atom. The van der Waals surface area contributed by atoms with Gasteiger partial charge in [-0.3, -0.25) is 14.4 Å². The SMILES string of the molecule is C[C@H]1O[C@H](CC(=O)O)Cc2c(O)c3c(c(O)c21)C(=O)C(C(C)(C)C)=CC3=O. The Balaban J connectivity index is 2.21. The van der Waals surface area contributed by atoms with Crippen LogP contribution in [0.4, 0.5) is 0 Å². The minimum Gasteiger partial charge on any atom is -0.507 e. The number of hydrogen-bond donors (Lipinski definition) is 3.